The average Bonchev–Trinajstić information content (AvgIpc) is 2.35. The number of halogens is 1. The number of nitriles is 1. The Morgan fingerprint density at radius 1 is 1.65 bits per heavy atom. The van der Waals surface area contributed by atoms with Crippen LogP contribution in [0.4, 0.5) is 5.69 Å². The van der Waals surface area contributed by atoms with E-state index in [1.807, 2.05) is 6.07 Å². The van der Waals surface area contributed by atoms with Crippen molar-refractivity contribution in [1.82, 2.24) is 0 Å². The minimum Gasteiger partial charge on any atom is -0.465 e. The zero-order valence-corrected chi connectivity index (χ0v) is 10.4. The molecule has 0 spiro atoms. The van der Waals surface area contributed by atoms with Crippen molar-refractivity contribution in [3.8, 4) is 6.07 Å². The van der Waals surface area contributed by atoms with Crippen molar-refractivity contribution in [1.29, 1.82) is 5.26 Å². The van der Waals surface area contributed by atoms with Crippen LogP contribution in [0.15, 0.2) is 12.1 Å². The second-order valence-electron chi connectivity index (χ2n) is 3.02. The molecule has 0 unspecified atom stereocenters. The van der Waals surface area contributed by atoms with Crippen LogP contribution in [0.25, 0.3) is 0 Å². The zero-order chi connectivity index (χ0) is 13.0. The molecule has 0 amide bonds. The first-order valence-corrected chi connectivity index (χ1v) is 5.53. The molecule has 0 bridgehead atoms. The van der Waals surface area contributed by atoms with Gasteiger partial charge in [0.15, 0.2) is 0 Å². The SMILES string of the molecule is COC(=O)c1cc([N+](=O)[O-])c(CBr)cc1C#N. The number of benzene rings is 1. The van der Waals surface area contributed by atoms with Gasteiger partial charge >= 0.3 is 5.97 Å². The molecule has 0 saturated heterocycles. The Morgan fingerprint density at radius 3 is 2.71 bits per heavy atom. The number of nitrogens with zero attached hydrogens (tertiary/aromatic N) is 2. The zero-order valence-electron chi connectivity index (χ0n) is 8.77. The standard InChI is InChI=1S/C10H7BrN2O4/c1-17-10(14)8-3-9(13(15)16)6(4-11)2-7(8)5-12/h2-3H,4H2,1H3. The number of ether oxygens (including phenoxy) is 1. The number of carbonyl (C=O) groups excluding carboxylic acids is 1. The fraction of sp³-hybridized carbons (Fsp3) is 0.200. The molecule has 0 saturated carbocycles. The molecule has 1 aromatic rings. The van der Waals surface area contributed by atoms with E-state index in [1.165, 1.54) is 6.07 Å². The minimum absolute atomic E-state index is 0.0527. The van der Waals surface area contributed by atoms with Crippen LogP contribution in [0.1, 0.15) is 21.5 Å². The quantitative estimate of drug-likeness (QED) is 0.369. The van der Waals surface area contributed by atoms with Gasteiger partial charge in [-0.3, -0.25) is 10.1 Å². The van der Waals surface area contributed by atoms with Gasteiger partial charge in [-0.2, -0.15) is 5.26 Å². The third kappa shape index (κ3) is 2.60. The Bertz CT molecular complexity index is 522. The molecular weight excluding hydrogens is 292 g/mol. The summed E-state index contributed by atoms with van der Waals surface area (Å²) in [5.74, 6) is -0.772. The highest BCUT2D eigenvalue weighted by atomic mass is 79.9. The lowest BCUT2D eigenvalue weighted by atomic mass is 10.0. The van der Waals surface area contributed by atoms with Crippen molar-refractivity contribution >= 4 is 27.6 Å². The van der Waals surface area contributed by atoms with Gasteiger partial charge < -0.3 is 4.74 Å². The summed E-state index contributed by atoms with van der Waals surface area (Å²) in [5, 5.41) is 19.9. The molecule has 1 aromatic carbocycles. The van der Waals surface area contributed by atoms with Crippen molar-refractivity contribution in [2.45, 2.75) is 5.33 Å². The summed E-state index contributed by atoms with van der Waals surface area (Å²) in [4.78, 5) is 21.5. The van der Waals surface area contributed by atoms with Crippen LogP contribution in [0.5, 0.6) is 0 Å². The molecule has 0 fully saturated rings. The minimum atomic E-state index is -0.772. The molecule has 0 N–H and O–H groups in total. The third-order valence-corrected chi connectivity index (χ3v) is 2.69. The van der Waals surface area contributed by atoms with Crippen LogP contribution >= 0.6 is 15.9 Å². The third-order valence-electron chi connectivity index (χ3n) is 2.09. The van der Waals surface area contributed by atoms with Crippen molar-refractivity contribution < 1.29 is 14.5 Å². The summed E-state index contributed by atoms with van der Waals surface area (Å²) >= 11 is 3.09. The number of alkyl halides is 1. The number of nitro benzene ring substituents is 1. The van der Waals surface area contributed by atoms with Crippen LogP contribution < -0.4 is 0 Å². The number of hydrogen-bond donors (Lipinski definition) is 0. The van der Waals surface area contributed by atoms with Crippen molar-refractivity contribution in [2.75, 3.05) is 7.11 Å². The molecule has 88 valence electrons. The molecular formula is C10H7BrN2O4. The van der Waals surface area contributed by atoms with E-state index in [1.54, 1.807) is 0 Å². The maximum absolute atomic E-state index is 11.4. The first kappa shape index (κ1) is 13.1. The van der Waals surface area contributed by atoms with E-state index >= 15 is 0 Å². The molecule has 1 rings (SSSR count). The highest BCUT2D eigenvalue weighted by molar-refractivity contribution is 9.08. The summed E-state index contributed by atoms with van der Waals surface area (Å²) < 4.78 is 4.46. The van der Waals surface area contributed by atoms with Crippen LogP contribution in [-0.2, 0) is 10.1 Å². The summed E-state index contributed by atoms with van der Waals surface area (Å²) in [5.41, 5.74) is 0.0591. The van der Waals surface area contributed by atoms with Crippen LogP contribution in [0.2, 0.25) is 0 Å². The van der Waals surface area contributed by atoms with Gasteiger partial charge in [0.05, 0.1) is 23.2 Å². The van der Waals surface area contributed by atoms with E-state index < -0.39 is 10.9 Å². The number of nitro groups is 1. The summed E-state index contributed by atoms with van der Waals surface area (Å²) in [6, 6.07) is 4.17. The smallest absolute Gasteiger partial charge is 0.339 e. The van der Waals surface area contributed by atoms with Crippen LogP contribution in [0.3, 0.4) is 0 Å². The number of hydrogen-bond acceptors (Lipinski definition) is 5. The van der Waals surface area contributed by atoms with Gasteiger partial charge in [0.2, 0.25) is 0 Å². The van der Waals surface area contributed by atoms with Gasteiger partial charge in [0.25, 0.3) is 5.69 Å². The Morgan fingerprint density at radius 2 is 2.29 bits per heavy atom. The van der Waals surface area contributed by atoms with Crippen molar-refractivity contribution in [3.05, 3.63) is 38.9 Å². The maximum atomic E-state index is 11.4. The van der Waals surface area contributed by atoms with Gasteiger partial charge in [-0.15, -0.1) is 0 Å². The summed E-state index contributed by atoms with van der Waals surface area (Å²) in [6.07, 6.45) is 0. The predicted molar refractivity (Wildman–Crippen MR) is 61.8 cm³/mol. The lowest BCUT2D eigenvalue weighted by Crippen LogP contribution is -2.06. The molecule has 6 nitrogen and oxygen atoms in total. The fourth-order valence-corrected chi connectivity index (χ4v) is 1.73. The Hall–Kier alpha value is -1.94. The second kappa shape index (κ2) is 5.41. The van der Waals surface area contributed by atoms with Crippen LogP contribution in [-0.4, -0.2) is 18.0 Å². The number of esters is 1. The average molecular weight is 299 g/mol. The van der Waals surface area contributed by atoms with Gasteiger partial charge in [-0.05, 0) is 6.07 Å². The van der Waals surface area contributed by atoms with E-state index in [0.29, 0.717) is 5.56 Å². The molecule has 0 aliphatic carbocycles. The number of carbonyl (C=O) groups is 1. The molecule has 0 radical (unpaired) electrons. The van der Waals surface area contributed by atoms with Crippen molar-refractivity contribution in [3.63, 3.8) is 0 Å². The topological polar surface area (TPSA) is 93.2 Å². The Balaban J connectivity index is 3.51. The highest BCUT2D eigenvalue weighted by Crippen LogP contribution is 2.25. The highest BCUT2D eigenvalue weighted by Gasteiger charge is 2.21. The largest absolute Gasteiger partial charge is 0.465 e. The van der Waals surface area contributed by atoms with E-state index in [2.05, 4.69) is 20.7 Å². The monoisotopic (exact) mass is 298 g/mol. The molecule has 0 aliphatic rings. The van der Waals surface area contributed by atoms with E-state index in [9.17, 15) is 14.9 Å². The number of rotatable bonds is 3. The van der Waals surface area contributed by atoms with E-state index in [4.69, 9.17) is 5.26 Å². The summed E-state index contributed by atoms with van der Waals surface area (Å²) in [7, 11) is 1.15. The molecule has 0 atom stereocenters. The molecule has 7 heteroatoms. The lowest BCUT2D eigenvalue weighted by Gasteiger charge is -2.05. The first-order chi connectivity index (χ1) is 8.04. The number of methoxy groups -OCH3 is 1. The van der Waals surface area contributed by atoms with E-state index in [0.717, 1.165) is 13.2 Å². The lowest BCUT2D eigenvalue weighted by molar-refractivity contribution is -0.385. The molecule has 17 heavy (non-hydrogen) atoms. The van der Waals surface area contributed by atoms with Gasteiger partial charge in [0.1, 0.15) is 6.07 Å². The van der Waals surface area contributed by atoms with Crippen LogP contribution in [0, 0.1) is 21.4 Å². The summed E-state index contributed by atoms with van der Waals surface area (Å²) in [6.45, 7) is 0. The van der Waals surface area contributed by atoms with Gasteiger partial charge in [0, 0.05) is 17.0 Å². The molecule has 0 aliphatic heterocycles. The molecule has 0 heterocycles. The molecule has 0 aromatic heterocycles. The fourth-order valence-electron chi connectivity index (χ4n) is 1.28. The first-order valence-electron chi connectivity index (χ1n) is 4.40. The second-order valence-corrected chi connectivity index (χ2v) is 3.58. The Labute approximate surface area is 105 Å². The normalized spacial score (nSPS) is 9.47. The van der Waals surface area contributed by atoms with Crippen molar-refractivity contribution in [2.24, 2.45) is 0 Å². The predicted octanol–water partition coefficient (Wildman–Crippen LogP) is 2.15. The Kier molecular flexibility index (Phi) is 4.17. The van der Waals surface area contributed by atoms with E-state index in [-0.39, 0.29) is 22.1 Å². The van der Waals surface area contributed by atoms with Gasteiger partial charge in [-0.25, -0.2) is 4.79 Å². The maximum Gasteiger partial charge on any atom is 0.339 e. The van der Waals surface area contributed by atoms with Gasteiger partial charge in [-0.1, -0.05) is 15.9 Å².